The van der Waals surface area contributed by atoms with E-state index in [9.17, 15) is 9.59 Å². The fraction of sp³-hybridized carbons (Fsp3) is 0.207. The summed E-state index contributed by atoms with van der Waals surface area (Å²) in [5.74, 6) is 0.364. The highest BCUT2D eigenvalue weighted by Gasteiger charge is 2.29. The number of aromatic amines is 1. The average molecular weight is 491 g/mol. The van der Waals surface area contributed by atoms with Crippen LogP contribution in [0.15, 0.2) is 73.2 Å². The lowest BCUT2D eigenvalue weighted by Gasteiger charge is -2.11. The molecule has 3 heterocycles. The summed E-state index contributed by atoms with van der Waals surface area (Å²) in [6.07, 6.45) is 14.4. The van der Waals surface area contributed by atoms with Crippen molar-refractivity contribution in [3.8, 4) is 11.1 Å². The number of nitrogens with zero attached hydrogens (tertiary/aromatic N) is 3. The van der Waals surface area contributed by atoms with Crippen molar-refractivity contribution in [1.29, 1.82) is 0 Å². The van der Waals surface area contributed by atoms with Crippen LogP contribution in [-0.4, -0.2) is 32.0 Å². The average Bonchev–Trinajstić information content (AvgIpc) is 3.69. The number of anilines is 2. The monoisotopic (exact) mass is 490 g/mol. The van der Waals surface area contributed by atoms with Gasteiger partial charge in [-0.1, -0.05) is 31.2 Å². The quantitative estimate of drug-likeness (QED) is 0.326. The number of aromatic nitrogens is 4. The van der Waals surface area contributed by atoms with Crippen LogP contribution in [0.1, 0.15) is 42.4 Å². The number of carbonyl (C=O) groups excluding carboxylic acids is 2. The predicted octanol–water partition coefficient (Wildman–Crippen LogP) is 5.60. The van der Waals surface area contributed by atoms with E-state index in [0.29, 0.717) is 28.4 Å². The Hall–Kier alpha value is -4.59. The molecule has 3 aromatic heterocycles. The molecular formula is C29H26N6O2. The number of nitrogens with one attached hydrogen (secondary N) is 3. The van der Waals surface area contributed by atoms with Gasteiger partial charge in [0.05, 0.1) is 35.0 Å². The second-order valence-corrected chi connectivity index (χ2v) is 9.68. The maximum Gasteiger partial charge on any atom is 0.276 e. The van der Waals surface area contributed by atoms with Gasteiger partial charge in [-0.25, -0.2) is 0 Å². The fourth-order valence-electron chi connectivity index (χ4n) is 4.37. The van der Waals surface area contributed by atoms with Crippen LogP contribution in [0.2, 0.25) is 0 Å². The zero-order valence-electron chi connectivity index (χ0n) is 20.4. The van der Waals surface area contributed by atoms with E-state index in [-0.39, 0.29) is 17.7 Å². The van der Waals surface area contributed by atoms with Crippen molar-refractivity contribution in [3.63, 3.8) is 0 Å². The van der Waals surface area contributed by atoms with E-state index >= 15 is 0 Å². The highest BCUT2D eigenvalue weighted by Crippen LogP contribution is 2.31. The summed E-state index contributed by atoms with van der Waals surface area (Å²) in [6.45, 7) is 2.18. The van der Waals surface area contributed by atoms with Gasteiger partial charge in [0, 0.05) is 23.1 Å². The fourth-order valence-corrected chi connectivity index (χ4v) is 4.37. The van der Waals surface area contributed by atoms with Gasteiger partial charge in [0.2, 0.25) is 5.91 Å². The molecule has 1 saturated carbocycles. The largest absolute Gasteiger partial charge is 0.324 e. The number of fused-ring (bicyclic) bond motifs is 1. The molecule has 0 bridgehead atoms. The SMILES string of the molecule is CC1C=CC(c2ccc(NC(=O)c3n[nH]c4ccc(-c5cncc(NC(=O)C6CC6)c5)cc34)cn2)=CC1. The topological polar surface area (TPSA) is 113 Å². The molecule has 6 rings (SSSR count). The number of amides is 2. The molecule has 0 saturated heterocycles. The molecule has 1 atom stereocenters. The first kappa shape index (κ1) is 22.8. The number of carbonyl (C=O) groups is 2. The van der Waals surface area contributed by atoms with Crippen LogP contribution in [0.25, 0.3) is 27.6 Å². The van der Waals surface area contributed by atoms with Crippen molar-refractivity contribution in [3.05, 3.63) is 84.6 Å². The van der Waals surface area contributed by atoms with Gasteiger partial charge in [0.1, 0.15) is 0 Å². The highest BCUT2D eigenvalue weighted by atomic mass is 16.2. The van der Waals surface area contributed by atoms with Gasteiger partial charge in [-0.3, -0.25) is 24.7 Å². The molecule has 2 aliphatic rings. The highest BCUT2D eigenvalue weighted by molar-refractivity contribution is 6.11. The van der Waals surface area contributed by atoms with Crippen LogP contribution < -0.4 is 10.6 Å². The summed E-state index contributed by atoms with van der Waals surface area (Å²) in [5.41, 5.74) is 5.96. The number of rotatable bonds is 6. The smallest absolute Gasteiger partial charge is 0.276 e. The molecule has 3 N–H and O–H groups in total. The Bertz CT molecular complexity index is 1560. The van der Waals surface area contributed by atoms with E-state index in [0.717, 1.165) is 47.2 Å². The number of pyridine rings is 2. The van der Waals surface area contributed by atoms with E-state index in [1.807, 2.05) is 36.4 Å². The maximum atomic E-state index is 13.1. The van der Waals surface area contributed by atoms with Gasteiger partial charge in [0.25, 0.3) is 5.91 Å². The summed E-state index contributed by atoms with van der Waals surface area (Å²) in [7, 11) is 0. The first-order valence-corrected chi connectivity index (χ1v) is 12.4. The number of H-pyrrole nitrogens is 1. The summed E-state index contributed by atoms with van der Waals surface area (Å²) < 4.78 is 0. The minimum atomic E-state index is -0.327. The van der Waals surface area contributed by atoms with Crippen LogP contribution in [0.4, 0.5) is 11.4 Å². The zero-order chi connectivity index (χ0) is 25.4. The molecule has 37 heavy (non-hydrogen) atoms. The zero-order valence-corrected chi connectivity index (χ0v) is 20.4. The molecular weight excluding hydrogens is 464 g/mol. The van der Waals surface area contributed by atoms with Crippen LogP contribution in [0.3, 0.4) is 0 Å². The molecule has 1 fully saturated rings. The minimum absolute atomic E-state index is 0.0345. The van der Waals surface area contributed by atoms with Crippen LogP contribution in [-0.2, 0) is 4.79 Å². The third kappa shape index (κ3) is 4.91. The van der Waals surface area contributed by atoms with E-state index < -0.39 is 0 Å². The van der Waals surface area contributed by atoms with E-state index in [1.54, 1.807) is 18.6 Å². The van der Waals surface area contributed by atoms with Crippen molar-refractivity contribution in [2.75, 3.05) is 10.6 Å². The van der Waals surface area contributed by atoms with Gasteiger partial charge in [-0.05, 0) is 66.6 Å². The van der Waals surface area contributed by atoms with E-state index in [4.69, 9.17) is 0 Å². The molecule has 8 heteroatoms. The van der Waals surface area contributed by atoms with E-state index in [2.05, 4.69) is 56.0 Å². The Balaban J connectivity index is 1.21. The molecule has 2 aliphatic carbocycles. The third-order valence-corrected chi connectivity index (χ3v) is 6.70. The number of hydrogen-bond acceptors (Lipinski definition) is 5. The molecule has 8 nitrogen and oxygen atoms in total. The summed E-state index contributed by atoms with van der Waals surface area (Å²) in [4.78, 5) is 34.0. The molecule has 2 amide bonds. The lowest BCUT2D eigenvalue weighted by Crippen LogP contribution is -2.13. The van der Waals surface area contributed by atoms with Crippen molar-refractivity contribution in [2.45, 2.75) is 26.2 Å². The Kier molecular flexibility index (Phi) is 5.84. The normalized spacial score (nSPS) is 16.9. The van der Waals surface area contributed by atoms with Gasteiger partial charge >= 0.3 is 0 Å². The molecule has 0 aliphatic heterocycles. The van der Waals surface area contributed by atoms with Gasteiger partial charge < -0.3 is 10.6 Å². The van der Waals surface area contributed by atoms with E-state index in [1.165, 1.54) is 0 Å². The first-order valence-electron chi connectivity index (χ1n) is 12.4. The lowest BCUT2D eigenvalue weighted by molar-refractivity contribution is -0.117. The number of hydrogen-bond donors (Lipinski definition) is 3. The standard InChI is InChI=1S/C29H26N6O2/c1-17-2-4-18(5-3-17)25-11-9-22(16-31-25)32-29(37)27-24-13-20(8-10-26(24)34-35-27)21-12-23(15-30-14-21)33-28(36)19-6-7-19/h2,4-5,8-17,19H,3,6-7H2,1H3,(H,32,37)(H,33,36)(H,34,35). The van der Waals surface area contributed by atoms with Crippen LogP contribution in [0, 0.1) is 11.8 Å². The second-order valence-electron chi connectivity index (χ2n) is 9.68. The Morgan fingerprint density at radius 1 is 0.973 bits per heavy atom. The van der Waals surface area contributed by atoms with Crippen molar-refractivity contribution in [1.82, 2.24) is 20.2 Å². The number of benzene rings is 1. The third-order valence-electron chi connectivity index (χ3n) is 6.70. The maximum absolute atomic E-state index is 13.1. The Morgan fingerprint density at radius 3 is 2.62 bits per heavy atom. The Morgan fingerprint density at radius 2 is 1.86 bits per heavy atom. The van der Waals surface area contributed by atoms with Crippen LogP contribution >= 0.6 is 0 Å². The summed E-state index contributed by atoms with van der Waals surface area (Å²) in [6, 6.07) is 11.4. The minimum Gasteiger partial charge on any atom is -0.324 e. The molecule has 4 aromatic rings. The first-order chi connectivity index (χ1) is 18.0. The summed E-state index contributed by atoms with van der Waals surface area (Å²) in [5, 5.41) is 13.7. The molecule has 0 radical (unpaired) electrons. The summed E-state index contributed by atoms with van der Waals surface area (Å²) >= 11 is 0. The van der Waals surface area contributed by atoms with Gasteiger partial charge in [0.15, 0.2) is 5.69 Å². The molecule has 0 spiro atoms. The number of allylic oxidation sites excluding steroid dienone is 4. The van der Waals surface area contributed by atoms with Gasteiger partial charge in [-0.2, -0.15) is 5.10 Å². The predicted molar refractivity (Wildman–Crippen MR) is 144 cm³/mol. The van der Waals surface area contributed by atoms with Gasteiger partial charge in [-0.15, -0.1) is 0 Å². The lowest BCUT2D eigenvalue weighted by atomic mass is 9.97. The molecule has 184 valence electrons. The van der Waals surface area contributed by atoms with Crippen LogP contribution in [0.5, 0.6) is 0 Å². The Labute approximate surface area is 213 Å². The molecule has 1 unspecified atom stereocenters. The van der Waals surface area contributed by atoms with Crippen molar-refractivity contribution < 1.29 is 9.59 Å². The molecule has 1 aromatic carbocycles. The van der Waals surface area contributed by atoms with Crippen molar-refractivity contribution >= 4 is 39.7 Å². The second kappa shape index (κ2) is 9.46. The van der Waals surface area contributed by atoms with Crippen molar-refractivity contribution in [2.24, 2.45) is 11.8 Å².